The van der Waals surface area contributed by atoms with Crippen molar-refractivity contribution in [1.82, 2.24) is 4.57 Å². The maximum Gasteiger partial charge on any atom is 0.266 e. The Bertz CT molecular complexity index is 1370. The highest BCUT2D eigenvalue weighted by Gasteiger charge is 2.14. The number of hydrogen-bond acceptors (Lipinski definition) is 2. The Labute approximate surface area is 195 Å². The summed E-state index contributed by atoms with van der Waals surface area (Å²) >= 11 is 3.47. The zero-order valence-electron chi connectivity index (χ0n) is 17.9. The standard InChI is InChI=1S/C27H22BrN3O/c1-18-6-5-8-25(19(18)2)30-27(32)21(15-29)14-22-17-31(26-9-4-3-7-24(22)26)16-20-10-12-23(28)13-11-20/h3-14,17H,16H2,1-2H3,(H,30,32)/b21-14+. The smallest absolute Gasteiger partial charge is 0.266 e. The van der Waals surface area contributed by atoms with E-state index in [0.29, 0.717) is 12.2 Å². The van der Waals surface area contributed by atoms with E-state index in [0.717, 1.165) is 37.6 Å². The summed E-state index contributed by atoms with van der Waals surface area (Å²) in [6.45, 7) is 4.64. The van der Waals surface area contributed by atoms with E-state index in [2.05, 4.69) is 44.0 Å². The number of benzene rings is 3. The fourth-order valence-corrected chi connectivity index (χ4v) is 3.95. The number of nitrogens with one attached hydrogen (secondary N) is 1. The van der Waals surface area contributed by atoms with Gasteiger partial charge >= 0.3 is 0 Å². The van der Waals surface area contributed by atoms with Gasteiger partial charge in [-0.2, -0.15) is 5.26 Å². The fraction of sp³-hybridized carbons (Fsp3) is 0.111. The third-order valence-electron chi connectivity index (χ3n) is 5.60. The van der Waals surface area contributed by atoms with Crippen LogP contribution in [0, 0.1) is 25.2 Å². The van der Waals surface area contributed by atoms with Crippen LogP contribution in [0.15, 0.2) is 83.0 Å². The summed E-state index contributed by atoms with van der Waals surface area (Å²) in [5.74, 6) is -0.411. The molecule has 0 saturated carbocycles. The highest BCUT2D eigenvalue weighted by Crippen LogP contribution is 2.26. The number of aryl methyl sites for hydroxylation is 1. The van der Waals surface area contributed by atoms with Gasteiger partial charge in [0.05, 0.1) is 0 Å². The SMILES string of the molecule is Cc1cccc(NC(=O)/C(C#N)=C/c2cn(Cc3ccc(Br)cc3)c3ccccc23)c1C. The quantitative estimate of drug-likeness (QED) is 0.256. The maximum atomic E-state index is 12.9. The molecule has 4 aromatic rings. The van der Waals surface area contributed by atoms with Crippen LogP contribution >= 0.6 is 15.9 Å². The second kappa shape index (κ2) is 9.25. The molecular formula is C27H22BrN3O. The average Bonchev–Trinajstić information content (AvgIpc) is 3.14. The lowest BCUT2D eigenvalue weighted by Crippen LogP contribution is -2.14. The number of hydrogen-bond donors (Lipinski definition) is 1. The number of amides is 1. The number of halogens is 1. The molecule has 1 aromatic heterocycles. The predicted molar refractivity (Wildman–Crippen MR) is 133 cm³/mol. The number of para-hydroxylation sites is 1. The van der Waals surface area contributed by atoms with Gasteiger partial charge in [-0.15, -0.1) is 0 Å². The average molecular weight is 484 g/mol. The first-order valence-corrected chi connectivity index (χ1v) is 11.1. The van der Waals surface area contributed by atoms with Gasteiger partial charge < -0.3 is 9.88 Å². The first-order chi connectivity index (χ1) is 15.5. The van der Waals surface area contributed by atoms with Crippen molar-refractivity contribution in [2.75, 3.05) is 5.32 Å². The molecular weight excluding hydrogens is 462 g/mol. The summed E-state index contributed by atoms with van der Waals surface area (Å²) in [4.78, 5) is 12.9. The summed E-state index contributed by atoms with van der Waals surface area (Å²) in [7, 11) is 0. The molecule has 0 spiro atoms. The molecule has 0 saturated heterocycles. The third-order valence-corrected chi connectivity index (χ3v) is 6.13. The van der Waals surface area contributed by atoms with E-state index in [1.165, 1.54) is 0 Å². The van der Waals surface area contributed by atoms with Gasteiger partial charge in [-0.05, 0) is 60.9 Å². The summed E-state index contributed by atoms with van der Waals surface area (Å²) < 4.78 is 3.18. The minimum absolute atomic E-state index is 0.0671. The van der Waals surface area contributed by atoms with Crippen LogP contribution in [0.3, 0.4) is 0 Å². The number of carbonyl (C=O) groups is 1. The summed E-state index contributed by atoms with van der Waals surface area (Å²) in [6, 6.07) is 24.0. The number of aromatic nitrogens is 1. The van der Waals surface area contributed by atoms with Gasteiger partial charge in [0.25, 0.3) is 5.91 Å². The molecule has 1 N–H and O–H groups in total. The van der Waals surface area contributed by atoms with Crippen LogP contribution < -0.4 is 5.32 Å². The summed E-state index contributed by atoms with van der Waals surface area (Å²) in [6.07, 6.45) is 3.66. The summed E-state index contributed by atoms with van der Waals surface area (Å²) in [5.41, 5.74) is 5.91. The van der Waals surface area contributed by atoms with Gasteiger partial charge in [0, 0.05) is 39.4 Å². The zero-order valence-corrected chi connectivity index (χ0v) is 19.5. The van der Waals surface area contributed by atoms with Crippen molar-refractivity contribution in [2.24, 2.45) is 0 Å². The molecule has 1 amide bonds. The highest BCUT2D eigenvalue weighted by atomic mass is 79.9. The normalized spacial score (nSPS) is 11.4. The fourth-order valence-electron chi connectivity index (χ4n) is 3.69. The Morgan fingerprint density at radius 3 is 2.56 bits per heavy atom. The Hall–Kier alpha value is -3.62. The van der Waals surface area contributed by atoms with Gasteiger partial charge in [-0.25, -0.2) is 0 Å². The Morgan fingerprint density at radius 2 is 1.81 bits per heavy atom. The van der Waals surface area contributed by atoms with E-state index in [-0.39, 0.29) is 5.57 Å². The van der Waals surface area contributed by atoms with Crippen molar-refractivity contribution < 1.29 is 4.79 Å². The van der Waals surface area contributed by atoms with Crippen molar-refractivity contribution in [3.8, 4) is 6.07 Å². The summed E-state index contributed by atoms with van der Waals surface area (Å²) in [5, 5.41) is 13.6. The van der Waals surface area contributed by atoms with Crippen LogP contribution in [0.5, 0.6) is 0 Å². The van der Waals surface area contributed by atoms with Crippen molar-refractivity contribution in [2.45, 2.75) is 20.4 Å². The van der Waals surface area contributed by atoms with Crippen molar-refractivity contribution in [3.63, 3.8) is 0 Å². The number of nitriles is 1. The highest BCUT2D eigenvalue weighted by molar-refractivity contribution is 9.10. The number of fused-ring (bicyclic) bond motifs is 1. The van der Waals surface area contributed by atoms with Crippen LogP contribution in [0.25, 0.3) is 17.0 Å². The predicted octanol–water partition coefficient (Wildman–Crippen LogP) is 6.61. The van der Waals surface area contributed by atoms with Crippen LogP contribution in [0.2, 0.25) is 0 Å². The molecule has 4 nitrogen and oxygen atoms in total. The number of carbonyl (C=O) groups excluding carboxylic acids is 1. The molecule has 0 aliphatic carbocycles. The molecule has 0 bridgehead atoms. The lowest BCUT2D eigenvalue weighted by atomic mass is 10.1. The molecule has 0 aliphatic rings. The van der Waals surface area contributed by atoms with Crippen LogP contribution in [-0.2, 0) is 11.3 Å². The van der Waals surface area contributed by atoms with E-state index >= 15 is 0 Å². The molecule has 5 heteroatoms. The van der Waals surface area contributed by atoms with E-state index < -0.39 is 5.91 Å². The lowest BCUT2D eigenvalue weighted by molar-refractivity contribution is -0.112. The number of nitrogens with zero attached hydrogens (tertiary/aromatic N) is 2. The van der Waals surface area contributed by atoms with Gasteiger partial charge in [-0.3, -0.25) is 4.79 Å². The Kier molecular flexibility index (Phi) is 6.25. The van der Waals surface area contributed by atoms with Crippen LogP contribution in [0.4, 0.5) is 5.69 Å². The molecule has 0 unspecified atom stereocenters. The van der Waals surface area contributed by atoms with Crippen molar-refractivity contribution in [3.05, 3.63) is 105 Å². The Morgan fingerprint density at radius 1 is 1.06 bits per heavy atom. The van der Waals surface area contributed by atoms with Gasteiger partial charge in [0.2, 0.25) is 0 Å². The monoisotopic (exact) mass is 483 g/mol. The first kappa shape index (κ1) is 21.6. The third kappa shape index (κ3) is 4.51. The van der Waals surface area contributed by atoms with Gasteiger partial charge in [0.15, 0.2) is 0 Å². The number of rotatable bonds is 5. The van der Waals surface area contributed by atoms with E-state index in [9.17, 15) is 10.1 Å². The lowest BCUT2D eigenvalue weighted by Gasteiger charge is -2.09. The second-order valence-electron chi connectivity index (χ2n) is 7.73. The first-order valence-electron chi connectivity index (χ1n) is 10.3. The topological polar surface area (TPSA) is 57.8 Å². The van der Waals surface area contributed by atoms with Crippen molar-refractivity contribution >= 4 is 44.5 Å². The molecule has 3 aromatic carbocycles. The van der Waals surface area contributed by atoms with Crippen molar-refractivity contribution in [1.29, 1.82) is 5.26 Å². The molecule has 0 atom stereocenters. The van der Waals surface area contributed by atoms with Crippen LogP contribution in [0.1, 0.15) is 22.3 Å². The molecule has 0 fully saturated rings. The minimum Gasteiger partial charge on any atom is -0.342 e. The van der Waals surface area contributed by atoms with E-state index in [1.54, 1.807) is 6.08 Å². The molecule has 158 valence electrons. The van der Waals surface area contributed by atoms with E-state index in [4.69, 9.17) is 0 Å². The van der Waals surface area contributed by atoms with Crippen LogP contribution in [-0.4, -0.2) is 10.5 Å². The molecule has 0 aliphatic heterocycles. The largest absolute Gasteiger partial charge is 0.342 e. The molecule has 32 heavy (non-hydrogen) atoms. The second-order valence-corrected chi connectivity index (χ2v) is 8.64. The van der Waals surface area contributed by atoms with E-state index in [1.807, 2.05) is 74.6 Å². The molecule has 0 radical (unpaired) electrons. The minimum atomic E-state index is -0.411. The Balaban J connectivity index is 1.68. The maximum absolute atomic E-state index is 12.9. The number of anilines is 1. The zero-order chi connectivity index (χ0) is 22.7. The van der Waals surface area contributed by atoms with Gasteiger partial charge in [0.1, 0.15) is 11.6 Å². The molecule has 1 heterocycles. The van der Waals surface area contributed by atoms with Gasteiger partial charge in [-0.1, -0.05) is 58.4 Å². The molecule has 4 rings (SSSR count).